The molecule has 0 spiro atoms. The van der Waals surface area contributed by atoms with Crippen molar-refractivity contribution in [2.45, 2.75) is 132 Å². The second kappa shape index (κ2) is 39.2. The average Bonchev–Trinajstić information content (AvgIpc) is 0.701. The molecule has 0 atom stereocenters. The highest BCUT2D eigenvalue weighted by Crippen LogP contribution is 2.48. The van der Waals surface area contributed by atoms with Gasteiger partial charge >= 0.3 is 0 Å². The Balaban J connectivity index is 0.000000145. The van der Waals surface area contributed by atoms with Crippen LogP contribution in [0.5, 0.6) is 0 Å². The minimum atomic E-state index is 0.0830. The van der Waals surface area contributed by atoms with E-state index in [-0.39, 0.29) is 21.7 Å². The number of hydrogen-bond donors (Lipinski definition) is 0. The first-order chi connectivity index (χ1) is 64.5. The van der Waals surface area contributed by atoms with Crippen molar-refractivity contribution in [3.63, 3.8) is 0 Å². The molecule has 0 aromatic heterocycles. The largest absolute Gasteiger partial charge is 0.311 e. The van der Waals surface area contributed by atoms with Gasteiger partial charge in [0.2, 0.25) is 0 Å². The highest BCUT2D eigenvalue weighted by Gasteiger charge is 2.27. The fourth-order valence-electron chi connectivity index (χ4n) is 17.7. The second-order valence-corrected chi connectivity index (χ2v) is 40.2. The maximum Gasteiger partial charge on any atom is 0.0462 e. The van der Waals surface area contributed by atoms with Crippen molar-refractivity contribution in [1.29, 1.82) is 0 Å². The Labute approximate surface area is 796 Å². The normalized spacial score (nSPS) is 11.8. The number of benzene rings is 19. The van der Waals surface area contributed by atoms with Gasteiger partial charge < -0.3 is 9.80 Å². The van der Waals surface area contributed by atoms with Gasteiger partial charge in [0.15, 0.2) is 0 Å². The zero-order chi connectivity index (χ0) is 93.4. The van der Waals surface area contributed by atoms with Gasteiger partial charge in [-0.05, 0) is 313 Å². The molecule has 0 fully saturated rings. The fraction of sp³-hybridized carbons (Fsp3) is 0.152. The van der Waals surface area contributed by atoms with Crippen molar-refractivity contribution in [3.8, 4) is 22.3 Å². The van der Waals surface area contributed by atoms with Crippen molar-refractivity contribution in [1.82, 2.24) is 0 Å². The number of rotatable bonds is 18. The van der Waals surface area contributed by atoms with E-state index in [1.807, 2.05) is 0 Å². The van der Waals surface area contributed by atoms with Crippen LogP contribution in [0.3, 0.4) is 0 Å². The predicted octanol–water partition coefficient (Wildman–Crippen LogP) is 37.3. The van der Waals surface area contributed by atoms with Gasteiger partial charge in [-0.15, -0.1) is 0 Å². The second-order valence-electron chi connectivity index (χ2n) is 40.2. The molecular weight excluding hydrogens is 1610 g/mol. The summed E-state index contributed by atoms with van der Waals surface area (Å²) in [6.07, 6.45) is 13.3. The topological polar surface area (TPSA) is 6.48 Å². The summed E-state index contributed by atoms with van der Waals surface area (Å²) in [6, 6.07) is 150. The van der Waals surface area contributed by atoms with Crippen LogP contribution >= 0.6 is 0 Å². The van der Waals surface area contributed by atoms with Gasteiger partial charge in [-0.1, -0.05) is 445 Å². The molecular formula is C132H122N2. The highest BCUT2D eigenvalue weighted by molar-refractivity contribution is 6.33. The molecule has 19 aromatic carbocycles. The van der Waals surface area contributed by atoms with Crippen molar-refractivity contribution < 1.29 is 0 Å². The van der Waals surface area contributed by atoms with Gasteiger partial charge in [-0.3, -0.25) is 0 Å². The zero-order valence-electron chi connectivity index (χ0n) is 80.6. The van der Waals surface area contributed by atoms with Crippen LogP contribution in [-0.4, -0.2) is 0 Å². The van der Waals surface area contributed by atoms with Crippen LogP contribution in [-0.2, 0) is 21.7 Å². The van der Waals surface area contributed by atoms with E-state index in [0.29, 0.717) is 0 Å². The van der Waals surface area contributed by atoms with Crippen molar-refractivity contribution in [3.05, 3.63) is 513 Å². The lowest BCUT2D eigenvalue weighted by molar-refractivity contribution is 0.589. The molecule has 0 saturated carbocycles. The van der Waals surface area contributed by atoms with Gasteiger partial charge in [-0.2, -0.15) is 0 Å². The molecule has 134 heavy (non-hydrogen) atoms. The molecule has 2 nitrogen and oxygen atoms in total. The summed E-state index contributed by atoms with van der Waals surface area (Å²) < 4.78 is 0. The van der Waals surface area contributed by atoms with E-state index in [0.717, 1.165) is 45.3 Å². The molecule has 0 heterocycles. The van der Waals surface area contributed by atoms with E-state index >= 15 is 0 Å². The van der Waals surface area contributed by atoms with Crippen molar-refractivity contribution in [2.75, 3.05) is 9.80 Å². The smallest absolute Gasteiger partial charge is 0.0462 e. The summed E-state index contributed by atoms with van der Waals surface area (Å²) in [5, 5.41) is 11.2. The molecule has 0 N–H and O–H groups in total. The molecule has 0 radical (unpaired) electrons. The molecule has 660 valence electrons. The standard InChI is InChI=1S/C56H48N2.C40H30.C36H44/c1-41-5-29-51(30-6-41)57(52-31-7-42(2)8-32-52)55-37-21-47(22-38-55)15-13-45-17-25-49(26-18-45)50-27-19-46(20-28-50)14-16-48-23-39-56(40-24-48)58(53-33-9-43(3)10-34-53)54-35-11-44(4)12-36-54;1-5-13-35(14-6-1)39(36-15-7-2-8-16-36)29-31-21-25-33(26-22-31)34-27-23-32(24-28-34)30-40(37-17-9-3-10-18-37)38-19-11-4-12-20-38;1-33(2,3)23-13-21-14-24(34(4,5)6)19-29-30-20-26(36(10,11)12)16-22-15-25(35(7,8)9)18-28(32(22)30)27(17-23)31(21)29/h5-40H,1-4H3;1-30H;13-20H,1-12H3/b15-13+,16-14+;;. The summed E-state index contributed by atoms with van der Waals surface area (Å²) in [4.78, 5) is 4.61. The minimum absolute atomic E-state index is 0.0830. The number of anilines is 6. The van der Waals surface area contributed by atoms with Crippen LogP contribution in [0.1, 0.15) is 183 Å². The first-order valence-corrected chi connectivity index (χ1v) is 47.3. The monoisotopic (exact) mass is 1730 g/mol. The van der Waals surface area contributed by atoms with Gasteiger partial charge in [0.25, 0.3) is 0 Å². The van der Waals surface area contributed by atoms with E-state index in [1.54, 1.807) is 0 Å². The van der Waals surface area contributed by atoms with Crippen LogP contribution in [0.25, 0.3) is 113 Å². The van der Waals surface area contributed by atoms with Crippen LogP contribution < -0.4 is 9.80 Å². The fourth-order valence-corrected chi connectivity index (χ4v) is 17.7. The van der Waals surface area contributed by atoms with Gasteiger partial charge in [0.1, 0.15) is 0 Å². The first kappa shape index (κ1) is 91.0. The van der Waals surface area contributed by atoms with Crippen LogP contribution in [0.15, 0.2) is 413 Å². The Hall–Kier alpha value is -15.0. The molecule has 19 rings (SSSR count). The third kappa shape index (κ3) is 21.5. The molecule has 19 aromatic rings. The number of hydrogen-bond acceptors (Lipinski definition) is 2. The lowest BCUT2D eigenvalue weighted by atomic mass is 9.76. The van der Waals surface area contributed by atoms with E-state index < -0.39 is 0 Å². The molecule has 0 amide bonds. The maximum atomic E-state index is 2.49. The molecule has 0 saturated heterocycles. The maximum absolute atomic E-state index is 2.49. The van der Waals surface area contributed by atoms with Crippen LogP contribution in [0, 0.1) is 27.7 Å². The third-order valence-electron chi connectivity index (χ3n) is 25.8. The predicted molar refractivity (Wildman–Crippen MR) is 585 cm³/mol. The summed E-state index contributed by atoms with van der Waals surface area (Å²) >= 11 is 0. The van der Waals surface area contributed by atoms with Crippen LogP contribution in [0.4, 0.5) is 34.1 Å². The summed E-state index contributed by atoms with van der Waals surface area (Å²) in [7, 11) is 0. The Bertz CT molecular complexity index is 6620. The molecule has 2 heteroatoms. The van der Waals surface area contributed by atoms with E-state index in [2.05, 4.69) is 570 Å². The Kier molecular flexibility index (Phi) is 26.6. The first-order valence-electron chi connectivity index (χ1n) is 47.3. The lowest BCUT2D eigenvalue weighted by Crippen LogP contribution is -2.14. The SMILES string of the molecule is C(=C(c1ccccc1)c1ccccc1)c1ccc(-c2ccc(C=C(c3ccccc3)c3ccccc3)cc2)cc1.CC(C)(C)c1cc2cc(C(C)(C)C)cc3c4cc(C(C)(C)C)cc5cc(C(C)(C)C)cc(c(c1)c23)c54.Cc1ccc(N(c2ccc(C)cc2)c2ccc(/C=C/c3ccc(-c4ccc(/C=C/c5ccc(N(c6ccc(C)cc6)c6ccc(C)cc6)cc5)cc4)cc3)cc2)cc1. The van der Waals surface area contributed by atoms with E-state index in [1.165, 1.54) is 166 Å². The van der Waals surface area contributed by atoms with Crippen molar-refractivity contribution >= 4 is 125 Å². The van der Waals surface area contributed by atoms with E-state index in [9.17, 15) is 0 Å². The minimum Gasteiger partial charge on any atom is -0.311 e. The van der Waals surface area contributed by atoms with Crippen molar-refractivity contribution in [2.24, 2.45) is 0 Å². The van der Waals surface area contributed by atoms with E-state index in [4.69, 9.17) is 0 Å². The van der Waals surface area contributed by atoms with Crippen LogP contribution in [0.2, 0.25) is 0 Å². The molecule has 0 aliphatic carbocycles. The third-order valence-corrected chi connectivity index (χ3v) is 25.8. The van der Waals surface area contributed by atoms with Gasteiger partial charge in [0.05, 0.1) is 0 Å². The Morgan fingerprint density at radius 1 is 0.194 bits per heavy atom. The highest BCUT2D eigenvalue weighted by atomic mass is 15.1. The van der Waals surface area contributed by atoms with Gasteiger partial charge in [0, 0.05) is 34.1 Å². The average molecular weight is 1740 g/mol. The quantitative estimate of drug-likeness (QED) is 0.0480. The Morgan fingerprint density at radius 2 is 0.373 bits per heavy atom. The molecule has 0 unspecified atom stereocenters. The summed E-state index contributed by atoms with van der Waals surface area (Å²) in [6.45, 7) is 36.5. The molecule has 0 bridgehead atoms. The number of nitrogens with zero attached hydrogens (tertiary/aromatic N) is 2. The summed E-state index contributed by atoms with van der Waals surface area (Å²) in [5.41, 5.74) is 36.9. The Morgan fingerprint density at radius 3 is 0.567 bits per heavy atom. The molecule has 0 aliphatic heterocycles. The van der Waals surface area contributed by atoms with Gasteiger partial charge in [-0.25, -0.2) is 0 Å². The lowest BCUT2D eigenvalue weighted by Gasteiger charge is -2.28. The number of fused-ring (bicyclic) bond motifs is 2. The zero-order valence-corrected chi connectivity index (χ0v) is 80.6. The number of aryl methyl sites for hydroxylation is 4. The summed E-state index contributed by atoms with van der Waals surface area (Å²) in [5.74, 6) is 0. The molecule has 0 aliphatic rings.